The topological polar surface area (TPSA) is 95.7 Å². The van der Waals surface area contributed by atoms with E-state index in [0.717, 1.165) is 0 Å². The molecule has 8 heteroatoms. The van der Waals surface area contributed by atoms with Crippen LogP contribution < -0.4 is 11.2 Å². The smallest absolute Gasteiger partial charge is 0.399 e. The number of hydrogen-bond donors (Lipinski definition) is 1. The third kappa shape index (κ3) is 3.18. The fraction of sp³-hybridized carbons (Fsp3) is 0.500. The van der Waals surface area contributed by atoms with Gasteiger partial charge < -0.3 is 15.0 Å². The summed E-state index contributed by atoms with van der Waals surface area (Å²) < 4.78 is 35.9. The summed E-state index contributed by atoms with van der Waals surface area (Å²) in [6.45, 7) is 7.67. The predicted octanol–water partition coefficient (Wildman–Crippen LogP) is 0.245. The standard InChI is InChI=1S/C14H20BNO5S/c1-13(2)14(3,4)21-15(20-13)10-6-5-7-11(8-10)22(18,19)9-12(16)17/h5-8H,9H2,1-4H3,(H2,16,17). The van der Waals surface area contributed by atoms with Crippen LogP contribution in [0.25, 0.3) is 0 Å². The van der Waals surface area contributed by atoms with Gasteiger partial charge in [-0.25, -0.2) is 8.42 Å². The molecule has 2 N–H and O–H groups in total. The Kier molecular flexibility index (Phi) is 4.14. The monoisotopic (exact) mass is 325 g/mol. The van der Waals surface area contributed by atoms with Crippen molar-refractivity contribution in [2.45, 2.75) is 43.8 Å². The van der Waals surface area contributed by atoms with E-state index in [0.29, 0.717) is 5.46 Å². The van der Waals surface area contributed by atoms with Crippen LogP contribution in [0, 0.1) is 0 Å². The Morgan fingerprint density at radius 1 is 1.18 bits per heavy atom. The van der Waals surface area contributed by atoms with Gasteiger partial charge in [0.25, 0.3) is 0 Å². The van der Waals surface area contributed by atoms with Crippen molar-refractivity contribution in [3.8, 4) is 0 Å². The summed E-state index contributed by atoms with van der Waals surface area (Å²) in [6, 6.07) is 6.20. The first-order chi connectivity index (χ1) is 9.95. The minimum Gasteiger partial charge on any atom is -0.399 e. The Morgan fingerprint density at radius 2 is 1.73 bits per heavy atom. The fourth-order valence-electron chi connectivity index (χ4n) is 2.10. The number of carbonyl (C=O) groups is 1. The quantitative estimate of drug-likeness (QED) is 0.800. The molecule has 22 heavy (non-hydrogen) atoms. The van der Waals surface area contributed by atoms with Gasteiger partial charge in [-0.05, 0) is 45.3 Å². The third-order valence-corrected chi connectivity index (χ3v) is 5.71. The minimum atomic E-state index is -3.75. The lowest BCUT2D eigenvalue weighted by Gasteiger charge is -2.32. The van der Waals surface area contributed by atoms with Crippen LogP contribution in [0.2, 0.25) is 0 Å². The average molecular weight is 325 g/mol. The summed E-state index contributed by atoms with van der Waals surface area (Å²) >= 11 is 0. The van der Waals surface area contributed by atoms with E-state index < -0.39 is 39.8 Å². The van der Waals surface area contributed by atoms with E-state index in [2.05, 4.69) is 0 Å². The van der Waals surface area contributed by atoms with Gasteiger partial charge >= 0.3 is 7.12 Å². The molecule has 0 spiro atoms. The second-order valence-electron chi connectivity index (χ2n) is 6.39. The lowest BCUT2D eigenvalue weighted by Crippen LogP contribution is -2.41. The van der Waals surface area contributed by atoms with Crippen LogP contribution in [0.4, 0.5) is 0 Å². The second-order valence-corrected chi connectivity index (χ2v) is 8.38. The molecule has 1 saturated heterocycles. The molecule has 2 rings (SSSR count). The number of carbonyl (C=O) groups excluding carboxylic acids is 1. The summed E-state index contributed by atoms with van der Waals surface area (Å²) in [5, 5.41) is 0. The first-order valence-corrected chi connectivity index (χ1v) is 8.56. The minimum absolute atomic E-state index is 0.0264. The Hall–Kier alpha value is -1.38. The number of benzene rings is 1. The predicted molar refractivity (Wildman–Crippen MR) is 83.4 cm³/mol. The maximum Gasteiger partial charge on any atom is 0.494 e. The molecular weight excluding hydrogens is 305 g/mol. The number of sulfone groups is 1. The van der Waals surface area contributed by atoms with Gasteiger partial charge in [0, 0.05) is 0 Å². The summed E-state index contributed by atoms with van der Waals surface area (Å²) in [7, 11) is -4.41. The van der Waals surface area contributed by atoms with Gasteiger partial charge in [-0.15, -0.1) is 0 Å². The van der Waals surface area contributed by atoms with Crippen molar-refractivity contribution in [3.63, 3.8) is 0 Å². The van der Waals surface area contributed by atoms with Crippen LogP contribution in [0.15, 0.2) is 29.2 Å². The third-order valence-electron chi connectivity index (χ3n) is 4.07. The molecule has 0 unspecified atom stereocenters. The summed E-state index contributed by atoms with van der Waals surface area (Å²) in [4.78, 5) is 10.9. The lowest BCUT2D eigenvalue weighted by molar-refractivity contribution is -0.115. The number of rotatable bonds is 4. The number of nitrogens with two attached hydrogens (primary N) is 1. The Morgan fingerprint density at radius 3 is 2.23 bits per heavy atom. The molecular formula is C14H20BNO5S. The van der Waals surface area contributed by atoms with E-state index >= 15 is 0 Å². The van der Waals surface area contributed by atoms with Crippen molar-refractivity contribution in [1.82, 2.24) is 0 Å². The highest BCUT2D eigenvalue weighted by molar-refractivity contribution is 7.92. The molecule has 0 bridgehead atoms. The van der Waals surface area contributed by atoms with Gasteiger partial charge in [0.05, 0.1) is 16.1 Å². The zero-order valence-electron chi connectivity index (χ0n) is 13.1. The number of hydrogen-bond acceptors (Lipinski definition) is 5. The molecule has 6 nitrogen and oxygen atoms in total. The van der Waals surface area contributed by atoms with E-state index in [-0.39, 0.29) is 4.90 Å². The molecule has 0 atom stereocenters. The maximum atomic E-state index is 12.1. The first-order valence-electron chi connectivity index (χ1n) is 6.91. The van der Waals surface area contributed by atoms with Crippen LogP contribution in [0.1, 0.15) is 27.7 Å². The zero-order valence-corrected chi connectivity index (χ0v) is 13.9. The highest BCUT2D eigenvalue weighted by Crippen LogP contribution is 2.36. The van der Waals surface area contributed by atoms with Gasteiger partial charge in [-0.3, -0.25) is 4.79 Å². The number of primary amides is 1. The van der Waals surface area contributed by atoms with Gasteiger partial charge in [0.1, 0.15) is 5.75 Å². The van der Waals surface area contributed by atoms with Gasteiger partial charge in [0.15, 0.2) is 9.84 Å². The molecule has 1 amide bonds. The van der Waals surface area contributed by atoms with Crippen molar-refractivity contribution in [1.29, 1.82) is 0 Å². The summed E-state index contributed by atoms with van der Waals surface area (Å²) in [5.74, 6) is -1.61. The van der Waals surface area contributed by atoms with Crippen LogP contribution in [0.3, 0.4) is 0 Å². The first kappa shape index (κ1) is 17.0. The van der Waals surface area contributed by atoms with E-state index in [1.54, 1.807) is 12.1 Å². The zero-order chi connectivity index (χ0) is 16.8. The highest BCUT2D eigenvalue weighted by Gasteiger charge is 2.51. The van der Waals surface area contributed by atoms with Crippen molar-refractivity contribution < 1.29 is 22.5 Å². The lowest BCUT2D eigenvalue weighted by atomic mass is 9.79. The molecule has 1 aromatic rings. The summed E-state index contributed by atoms with van der Waals surface area (Å²) in [5.41, 5.74) is 4.54. The van der Waals surface area contributed by atoms with E-state index in [9.17, 15) is 13.2 Å². The Labute approximate surface area is 131 Å². The van der Waals surface area contributed by atoms with Crippen molar-refractivity contribution in [3.05, 3.63) is 24.3 Å². The highest BCUT2D eigenvalue weighted by atomic mass is 32.2. The van der Waals surface area contributed by atoms with Crippen LogP contribution >= 0.6 is 0 Å². The molecule has 1 aliphatic rings. The molecule has 0 radical (unpaired) electrons. The van der Waals surface area contributed by atoms with Crippen LogP contribution in [0.5, 0.6) is 0 Å². The van der Waals surface area contributed by atoms with Gasteiger partial charge in [-0.1, -0.05) is 12.1 Å². The number of amides is 1. The van der Waals surface area contributed by atoms with Crippen LogP contribution in [-0.2, 0) is 23.9 Å². The SMILES string of the molecule is CC1(C)OB(c2cccc(S(=O)(=O)CC(N)=O)c2)OC1(C)C. The van der Waals surface area contributed by atoms with E-state index in [1.807, 2.05) is 27.7 Å². The molecule has 1 aromatic carbocycles. The van der Waals surface area contributed by atoms with E-state index in [1.165, 1.54) is 12.1 Å². The molecule has 1 aliphatic heterocycles. The normalized spacial score (nSPS) is 20.1. The Balaban J connectivity index is 2.33. The molecule has 0 aromatic heterocycles. The largest absolute Gasteiger partial charge is 0.494 e. The molecule has 0 saturated carbocycles. The molecule has 0 aliphatic carbocycles. The van der Waals surface area contributed by atoms with Crippen molar-refractivity contribution >= 4 is 28.3 Å². The Bertz CT molecular complexity index is 683. The summed E-state index contributed by atoms with van der Waals surface area (Å²) in [6.07, 6.45) is 0. The van der Waals surface area contributed by atoms with Crippen molar-refractivity contribution in [2.24, 2.45) is 5.73 Å². The maximum absolute atomic E-state index is 12.1. The second kappa shape index (κ2) is 5.36. The van der Waals surface area contributed by atoms with Gasteiger partial charge in [0.2, 0.25) is 5.91 Å². The molecule has 1 heterocycles. The van der Waals surface area contributed by atoms with Crippen LogP contribution in [-0.4, -0.2) is 38.4 Å². The molecule has 120 valence electrons. The van der Waals surface area contributed by atoms with Crippen molar-refractivity contribution in [2.75, 3.05) is 5.75 Å². The van der Waals surface area contributed by atoms with Gasteiger partial charge in [-0.2, -0.15) is 0 Å². The molecule has 1 fully saturated rings. The fourth-order valence-corrected chi connectivity index (χ4v) is 3.25. The van der Waals surface area contributed by atoms with E-state index in [4.69, 9.17) is 15.0 Å². The average Bonchev–Trinajstić information content (AvgIpc) is 2.57.